The molecule has 0 atom stereocenters. The van der Waals surface area contributed by atoms with Crippen molar-refractivity contribution in [1.29, 1.82) is 0 Å². The summed E-state index contributed by atoms with van der Waals surface area (Å²) in [5.74, 6) is 0. The second-order valence-corrected chi connectivity index (χ2v) is 13.3. The van der Waals surface area contributed by atoms with Crippen LogP contribution in [0, 0.1) is 0 Å². The first kappa shape index (κ1) is 28.8. The summed E-state index contributed by atoms with van der Waals surface area (Å²) in [5.41, 5.74) is 12.2. The lowest BCUT2D eigenvalue weighted by atomic mass is 10.0. The molecule has 0 unspecified atom stereocenters. The van der Waals surface area contributed by atoms with Crippen LogP contribution >= 0.6 is 0 Å². The van der Waals surface area contributed by atoms with E-state index >= 15 is 0 Å². The Kier molecular flexibility index (Phi) is 6.22. The molecular formula is C48H30N2O2. The molecule has 4 nitrogen and oxygen atoms in total. The predicted octanol–water partition coefficient (Wildman–Crippen LogP) is 13.7. The fraction of sp³-hybridized carbons (Fsp3) is 0. The third kappa shape index (κ3) is 4.28. The molecule has 0 aliphatic heterocycles. The summed E-state index contributed by atoms with van der Waals surface area (Å²) in [6, 6.07) is 64.3. The molecular weight excluding hydrogens is 637 g/mol. The van der Waals surface area contributed by atoms with E-state index in [-0.39, 0.29) is 0 Å². The zero-order chi connectivity index (χ0) is 34.2. The smallest absolute Gasteiger partial charge is 0.159 e. The number of para-hydroxylation sites is 5. The highest BCUT2D eigenvalue weighted by molar-refractivity contribution is 6.13. The molecule has 244 valence electrons. The summed E-state index contributed by atoms with van der Waals surface area (Å²) >= 11 is 0. The van der Waals surface area contributed by atoms with E-state index in [4.69, 9.17) is 8.83 Å². The summed E-state index contributed by atoms with van der Waals surface area (Å²) in [7, 11) is 0. The second-order valence-electron chi connectivity index (χ2n) is 13.3. The molecule has 3 aromatic heterocycles. The molecule has 0 fully saturated rings. The van der Waals surface area contributed by atoms with E-state index in [1.54, 1.807) is 0 Å². The Balaban J connectivity index is 1.21. The number of benzene rings is 8. The quantitative estimate of drug-likeness (QED) is 0.183. The fourth-order valence-electron chi connectivity index (χ4n) is 8.08. The first-order valence-electron chi connectivity index (χ1n) is 17.6. The molecule has 0 bridgehead atoms. The highest BCUT2D eigenvalue weighted by atomic mass is 16.3. The van der Waals surface area contributed by atoms with Crippen molar-refractivity contribution in [3.05, 3.63) is 182 Å². The maximum Gasteiger partial charge on any atom is 0.159 e. The Bertz CT molecular complexity index is 3150. The summed E-state index contributed by atoms with van der Waals surface area (Å²) in [6.45, 7) is 0. The molecule has 4 heteroatoms. The molecule has 52 heavy (non-hydrogen) atoms. The molecule has 0 aliphatic rings. The minimum atomic E-state index is 0.851. The molecule has 0 aliphatic carbocycles. The zero-order valence-electron chi connectivity index (χ0n) is 28.0. The van der Waals surface area contributed by atoms with Gasteiger partial charge in [-0.05, 0) is 66.2 Å². The Labute approximate surface area is 299 Å². The molecule has 0 N–H and O–H groups in total. The largest absolute Gasteiger partial charge is 0.456 e. The molecule has 11 rings (SSSR count). The van der Waals surface area contributed by atoms with E-state index in [2.05, 4.69) is 167 Å². The van der Waals surface area contributed by atoms with Gasteiger partial charge in [-0.2, -0.15) is 0 Å². The average molecular weight is 667 g/mol. The van der Waals surface area contributed by atoms with Gasteiger partial charge in [-0.3, -0.25) is 0 Å². The summed E-state index contributed by atoms with van der Waals surface area (Å²) < 4.78 is 15.3. The van der Waals surface area contributed by atoms with Crippen LogP contribution in [0.4, 0.5) is 17.1 Å². The monoisotopic (exact) mass is 666 g/mol. The average Bonchev–Trinajstić information content (AvgIpc) is 3.88. The van der Waals surface area contributed by atoms with Gasteiger partial charge >= 0.3 is 0 Å². The van der Waals surface area contributed by atoms with Crippen molar-refractivity contribution in [2.75, 3.05) is 4.90 Å². The van der Waals surface area contributed by atoms with Crippen molar-refractivity contribution in [1.82, 2.24) is 4.57 Å². The van der Waals surface area contributed by atoms with Gasteiger partial charge in [-0.1, -0.05) is 121 Å². The number of aromatic nitrogens is 1. The van der Waals surface area contributed by atoms with Crippen molar-refractivity contribution in [2.45, 2.75) is 0 Å². The topological polar surface area (TPSA) is 34.5 Å². The lowest BCUT2D eigenvalue weighted by Gasteiger charge is -2.28. The lowest BCUT2D eigenvalue weighted by Crippen LogP contribution is -2.11. The van der Waals surface area contributed by atoms with Gasteiger partial charge in [0.25, 0.3) is 0 Å². The molecule has 0 saturated carbocycles. The maximum atomic E-state index is 6.69. The van der Waals surface area contributed by atoms with Crippen LogP contribution in [-0.4, -0.2) is 4.57 Å². The first-order valence-corrected chi connectivity index (χ1v) is 17.6. The van der Waals surface area contributed by atoms with Crippen molar-refractivity contribution >= 4 is 82.7 Å². The standard InChI is InChI=1S/C48H30N2O2/c1-2-13-31(14-3-1)34-15-4-8-20-41(34)49(43-22-12-19-39-37-17-6-11-24-46(37)52-48(39)43)33-25-27-36-35-16-5-9-21-42(35)50(44(36)30-33)32-26-28-47-40(29-32)38-18-7-10-23-45(38)51-47/h1-30H. The van der Waals surface area contributed by atoms with Gasteiger partial charge in [0.1, 0.15) is 16.7 Å². The Morgan fingerprint density at radius 3 is 1.88 bits per heavy atom. The number of nitrogens with zero attached hydrogens (tertiary/aromatic N) is 2. The number of hydrogen-bond donors (Lipinski definition) is 0. The normalized spacial score (nSPS) is 11.8. The number of rotatable bonds is 5. The van der Waals surface area contributed by atoms with Crippen molar-refractivity contribution in [2.24, 2.45) is 0 Å². The molecule has 0 spiro atoms. The van der Waals surface area contributed by atoms with Crippen LogP contribution in [0.25, 0.3) is 82.5 Å². The third-order valence-corrected chi connectivity index (χ3v) is 10.4. The third-order valence-electron chi connectivity index (χ3n) is 10.4. The highest BCUT2D eigenvalue weighted by Gasteiger charge is 2.23. The predicted molar refractivity (Wildman–Crippen MR) is 215 cm³/mol. The maximum absolute atomic E-state index is 6.69. The molecule has 8 aromatic carbocycles. The van der Waals surface area contributed by atoms with E-state index in [0.29, 0.717) is 0 Å². The lowest BCUT2D eigenvalue weighted by molar-refractivity contribution is 0.668. The number of furan rings is 2. The van der Waals surface area contributed by atoms with Crippen molar-refractivity contribution in [3.8, 4) is 16.8 Å². The van der Waals surface area contributed by atoms with E-state index in [1.165, 1.54) is 10.8 Å². The highest BCUT2D eigenvalue weighted by Crippen LogP contribution is 2.46. The second kappa shape index (κ2) is 11.2. The van der Waals surface area contributed by atoms with Gasteiger partial charge in [0, 0.05) is 49.3 Å². The van der Waals surface area contributed by atoms with Crippen LogP contribution in [0.1, 0.15) is 0 Å². The zero-order valence-corrected chi connectivity index (χ0v) is 28.0. The molecule has 0 saturated heterocycles. The summed E-state index contributed by atoms with van der Waals surface area (Å²) in [6.07, 6.45) is 0. The summed E-state index contributed by atoms with van der Waals surface area (Å²) in [5, 5.41) is 6.81. The van der Waals surface area contributed by atoms with E-state index in [1.807, 2.05) is 24.3 Å². The Hall–Kier alpha value is -7.04. The van der Waals surface area contributed by atoms with Gasteiger partial charge in [0.15, 0.2) is 5.58 Å². The minimum absolute atomic E-state index is 0.851. The van der Waals surface area contributed by atoms with E-state index in [9.17, 15) is 0 Å². The van der Waals surface area contributed by atoms with Crippen LogP contribution < -0.4 is 4.90 Å². The van der Waals surface area contributed by atoms with Crippen molar-refractivity contribution in [3.63, 3.8) is 0 Å². The van der Waals surface area contributed by atoms with Crippen LogP contribution in [0.5, 0.6) is 0 Å². The Morgan fingerprint density at radius 1 is 0.385 bits per heavy atom. The number of anilines is 3. The number of hydrogen-bond acceptors (Lipinski definition) is 3. The van der Waals surface area contributed by atoms with Gasteiger partial charge in [0.2, 0.25) is 0 Å². The SMILES string of the molecule is c1ccc(-c2ccccc2N(c2ccc3c4ccccc4n(-c4ccc5oc6ccccc6c5c4)c3c2)c2cccc3c2oc2ccccc23)cc1. The molecule has 11 aromatic rings. The number of fused-ring (bicyclic) bond motifs is 9. The van der Waals surface area contributed by atoms with Crippen LogP contribution in [0.15, 0.2) is 191 Å². The van der Waals surface area contributed by atoms with Gasteiger partial charge in [-0.25, -0.2) is 0 Å². The molecule has 0 amide bonds. The van der Waals surface area contributed by atoms with E-state index < -0.39 is 0 Å². The fourth-order valence-corrected chi connectivity index (χ4v) is 8.08. The first-order chi connectivity index (χ1) is 25.8. The minimum Gasteiger partial charge on any atom is -0.456 e. The van der Waals surface area contributed by atoms with Gasteiger partial charge < -0.3 is 18.3 Å². The van der Waals surface area contributed by atoms with Crippen LogP contribution in [0.3, 0.4) is 0 Å². The molecule has 0 radical (unpaired) electrons. The van der Waals surface area contributed by atoms with Crippen LogP contribution in [0.2, 0.25) is 0 Å². The Morgan fingerprint density at radius 2 is 1.02 bits per heavy atom. The van der Waals surface area contributed by atoms with E-state index in [0.717, 1.165) is 88.8 Å². The van der Waals surface area contributed by atoms with Gasteiger partial charge in [-0.15, -0.1) is 0 Å². The molecule has 3 heterocycles. The van der Waals surface area contributed by atoms with Crippen LogP contribution in [-0.2, 0) is 0 Å². The van der Waals surface area contributed by atoms with Crippen molar-refractivity contribution < 1.29 is 8.83 Å². The summed E-state index contributed by atoms with van der Waals surface area (Å²) in [4.78, 5) is 2.36. The van der Waals surface area contributed by atoms with Gasteiger partial charge in [0.05, 0.1) is 22.4 Å².